The summed E-state index contributed by atoms with van der Waals surface area (Å²) in [6, 6.07) is 29.7. The molecule has 0 atom stereocenters. The van der Waals surface area contributed by atoms with Gasteiger partial charge in [-0.05, 0) is 35.0 Å². The van der Waals surface area contributed by atoms with E-state index in [1.54, 1.807) is 0 Å². The van der Waals surface area contributed by atoms with Crippen LogP contribution in [0.3, 0.4) is 0 Å². The molecule has 0 fully saturated rings. The second-order valence-electron chi connectivity index (χ2n) is 7.56. The van der Waals surface area contributed by atoms with Gasteiger partial charge in [-0.3, -0.25) is 4.40 Å². The van der Waals surface area contributed by atoms with Crippen LogP contribution in [0.25, 0.3) is 60.0 Å². The second kappa shape index (κ2) is 5.30. The maximum atomic E-state index is 5.05. The molecule has 3 heterocycles. The Morgan fingerprint density at radius 3 is 1.97 bits per heavy atom. The normalized spacial score (nSPS) is 12.1. The summed E-state index contributed by atoms with van der Waals surface area (Å²) < 4.78 is 2.22. The van der Waals surface area contributed by atoms with E-state index in [4.69, 9.17) is 9.97 Å². The summed E-state index contributed by atoms with van der Waals surface area (Å²) in [4.78, 5) is 10.1. The first kappa shape index (κ1) is 15.0. The van der Waals surface area contributed by atoms with Crippen molar-refractivity contribution in [1.29, 1.82) is 0 Å². The Bertz CT molecular complexity index is 1760. The van der Waals surface area contributed by atoms with Gasteiger partial charge in [0.05, 0.1) is 16.6 Å². The SMILES string of the molecule is c1ccc2cc3c(cc2c1)c1nc2ccccc2nc1n1cc2ccccc2c31. The van der Waals surface area contributed by atoms with Crippen molar-refractivity contribution >= 4 is 60.0 Å². The van der Waals surface area contributed by atoms with E-state index in [2.05, 4.69) is 71.3 Å². The molecule has 0 bridgehead atoms. The molecule has 0 aliphatic rings. The van der Waals surface area contributed by atoms with Gasteiger partial charge in [0, 0.05) is 27.7 Å². The Kier molecular flexibility index (Phi) is 2.74. The predicted octanol–water partition coefficient (Wildman–Crippen LogP) is 6.50. The lowest BCUT2D eigenvalue weighted by Gasteiger charge is -2.11. The highest BCUT2D eigenvalue weighted by Crippen LogP contribution is 2.36. The van der Waals surface area contributed by atoms with Crippen molar-refractivity contribution in [3.63, 3.8) is 0 Å². The molecule has 0 aliphatic heterocycles. The van der Waals surface area contributed by atoms with Crippen LogP contribution in [-0.2, 0) is 0 Å². The van der Waals surface area contributed by atoms with Gasteiger partial charge in [-0.15, -0.1) is 0 Å². The summed E-state index contributed by atoms with van der Waals surface area (Å²) in [5.74, 6) is 0. The largest absolute Gasteiger partial charge is 0.298 e. The number of benzene rings is 4. The Morgan fingerprint density at radius 1 is 0.552 bits per heavy atom. The third-order valence-electron chi connectivity index (χ3n) is 5.90. The highest BCUT2D eigenvalue weighted by atomic mass is 15.0. The number of fused-ring (bicyclic) bond motifs is 10. The Balaban J connectivity index is 1.86. The first-order valence-corrected chi connectivity index (χ1v) is 9.78. The van der Waals surface area contributed by atoms with Gasteiger partial charge in [0.15, 0.2) is 5.65 Å². The van der Waals surface area contributed by atoms with Gasteiger partial charge in [0.2, 0.25) is 0 Å². The van der Waals surface area contributed by atoms with Crippen molar-refractivity contribution in [3.05, 3.63) is 91.1 Å². The summed E-state index contributed by atoms with van der Waals surface area (Å²) in [5, 5.41) is 7.26. The molecule has 134 valence electrons. The zero-order chi connectivity index (χ0) is 18.9. The van der Waals surface area contributed by atoms with Gasteiger partial charge < -0.3 is 0 Å². The van der Waals surface area contributed by atoms with E-state index in [0.717, 1.165) is 27.6 Å². The van der Waals surface area contributed by atoms with Crippen LogP contribution in [0, 0.1) is 0 Å². The van der Waals surface area contributed by atoms with E-state index in [1.807, 2.05) is 24.3 Å². The number of para-hydroxylation sites is 2. The number of hydrogen-bond donors (Lipinski definition) is 0. The standard InChI is InChI=1S/C26H15N3/c1-2-8-17-14-21-20(13-16(17)7-1)24-26(28-23-12-6-5-11-22(23)27-24)29-15-18-9-3-4-10-19(18)25(21)29/h1-15H. The lowest BCUT2D eigenvalue weighted by atomic mass is 10.0. The Hall–Kier alpha value is -3.98. The van der Waals surface area contributed by atoms with Crippen LogP contribution in [0.4, 0.5) is 0 Å². The van der Waals surface area contributed by atoms with Crippen LogP contribution in [0.5, 0.6) is 0 Å². The topological polar surface area (TPSA) is 30.2 Å². The zero-order valence-corrected chi connectivity index (χ0v) is 15.5. The molecule has 29 heavy (non-hydrogen) atoms. The summed E-state index contributed by atoms with van der Waals surface area (Å²) in [7, 11) is 0. The minimum Gasteiger partial charge on any atom is -0.298 e. The zero-order valence-electron chi connectivity index (χ0n) is 15.5. The van der Waals surface area contributed by atoms with Crippen molar-refractivity contribution in [1.82, 2.24) is 14.4 Å². The molecule has 0 radical (unpaired) electrons. The molecule has 7 aromatic rings. The minimum atomic E-state index is 0.901. The highest BCUT2D eigenvalue weighted by Gasteiger charge is 2.16. The molecule has 7 rings (SSSR count). The first-order chi connectivity index (χ1) is 14.4. The van der Waals surface area contributed by atoms with Crippen LogP contribution < -0.4 is 0 Å². The highest BCUT2D eigenvalue weighted by molar-refractivity contribution is 6.21. The van der Waals surface area contributed by atoms with E-state index in [1.165, 1.54) is 32.4 Å². The molecule has 0 saturated heterocycles. The van der Waals surface area contributed by atoms with Crippen LogP contribution in [-0.4, -0.2) is 14.4 Å². The van der Waals surface area contributed by atoms with E-state index in [9.17, 15) is 0 Å². The summed E-state index contributed by atoms with van der Waals surface area (Å²) in [6.07, 6.45) is 2.19. The molecule has 0 N–H and O–H groups in total. The van der Waals surface area contributed by atoms with Crippen LogP contribution in [0.1, 0.15) is 0 Å². The van der Waals surface area contributed by atoms with Gasteiger partial charge >= 0.3 is 0 Å². The number of nitrogens with zero attached hydrogens (tertiary/aromatic N) is 3. The first-order valence-electron chi connectivity index (χ1n) is 9.78. The summed E-state index contributed by atoms with van der Waals surface area (Å²) in [5.41, 5.74) is 4.87. The number of pyridine rings is 1. The van der Waals surface area contributed by atoms with E-state index < -0.39 is 0 Å². The fraction of sp³-hybridized carbons (Fsp3) is 0. The van der Waals surface area contributed by atoms with Crippen molar-refractivity contribution in [2.75, 3.05) is 0 Å². The molecule has 4 aromatic carbocycles. The van der Waals surface area contributed by atoms with E-state index in [0.29, 0.717) is 0 Å². The van der Waals surface area contributed by atoms with Crippen molar-refractivity contribution in [3.8, 4) is 0 Å². The number of hydrogen-bond acceptors (Lipinski definition) is 2. The average molecular weight is 369 g/mol. The lowest BCUT2D eigenvalue weighted by Crippen LogP contribution is -1.96. The van der Waals surface area contributed by atoms with E-state index in [-0.39, 0.29) is 0 Å². The molecular formula is C26H15N3. The maximum absolute atomic E-state index is 5.05. The minimum absolute atomic E-state index is 0.901. The summed E-state index contributed by atoms with van der Waals surface area (Å²) in [6.45, 7) is 0. The van der Waals surface area contributed by atoms with Gasteiger partial charge in [-0.25, -0.2) is 9.97 Å². The second-order valence-corrected chi connectivity index (χ2v) is 7.56. The lowest BCUT2D eigenvalue weighted by molar-refractivity contribution is 1.22. The van der Waals surface area contributed by atoms with Gasteiger partial charge in [0.25, 0.3) is 0 Å². The molecule has 0 amide bonds. The molecule has 0 spiro atoms. The van der Waals surface area contributed by atoms with E-state index >= 15 is 0 Å². The number of rotatable bonds is 0. The predicted molar refractivity (Wildman–Crippen MR) is 121 cm³/mol. The number of aromatic nitrogens is 3. The molecule has 3 heteroatoms. The van der Waals surface area contributed by atoms with Crippen LogP contribution >= 0.6 is 0 Å². The van der Waals surface area contributed by atoms with Gasteiger partial charge in [0.1, 0.15) is 5.52 Å². The third-order valence-corrected chi connectivity index (χ3v) is 5.90. The molecule has 3 nitrogen and oxygen atoms in total. The fourth-order valence-corrected chi connectivity index (χ4v) is 4.57. The third kappa shape index (κ3) is 1.96. The van der Waals surface area contributed by atoms with Crippen molar-refractivity contribution in [2.24, 2.45) is 0 Å². The van der Waals surface area contributed by atoms with Gasteiger partial charge in [-0.2, -0.15) is 0 Å². The van der Waals surface area contributed by atoms with Crippen molar-refractivity contribution in [2.45, 2.75) is 0 Å². The van der Waals surface area contributed by atoms with Crippen molar-refractivity contribution < 1.29 is 0 Å². The Morgan fingerprint density at radius 2 is 1.17 bits per heavy atom. The monoisotopic (exact) mass is 369 g/mol. The van der Waals surface area contributed by atoms with Crippen LogP contribution in [0.15, 0.2) is 91.1 Å². The molecule has 0 unspecified atom stereocenters. The quantitative estimate of drug-likeness (QED) is 0.226. The van der Waals surface area contributed by atoms with Gasteiger partial charge in [-0.1, -0.05) is 60.7 Å². The Labute approximate surface area is 165 Å². The summed E-state index contributed by atoms with van der Waals surface area (Å²) >= 11 is 0. The molecule has 0 aliphatic carbocycles. The molecule has 0 saturated carbocycles. The molecular weight excluding hydrogens is 354 g/mol. The smallest absolute Gasteiger partial charge is 0.164 e. The molecule has 3 aromatic heterocycles. The maximum Gasteiger partial charge on any atom is 0.164 e. The average Bonchev–Trinajstić information content (AvgIpc) is 3.17. The van der Waals surface area contributed by atoms with Crippen LogP contribution in [0.2, 0.25) is 0 Å². The fourth-order valence-electron chi connectivity index (χ4n) is 4.57.